The second-order valence-electron chi connectivity index (χ2n) is 4.86. The van der Waals surface area contributed by atoms with Gasteiger partial charge in [-0.3, -0.25) is 0 Å². The topological polar surface area (TPSA) is 30.7 Å². The minimum atomic E-state index is -0.342. The average Bonchev–Trinajstić information content (AvgIpc) is 2.89. The normalized spacial score (nSPS) is 11.0. The van der Waals surface area contributed by atoms with Crippen LogP contribution in [0.2, 0.25) is 5.02 Å². The van der Waals surface area contributed by atoms with Gasteiger partial charge in [0.25, 0.3) is 0 Å². The molecule has 118 valence electrons. The highest BCUT2D eigenvalue weighted by Crippen LogP contribution is 2.29. The van der Waals surface area contributed by atoms with E-state index in [-0.39, 0.29) is 11.6 Å². The van der Waals surface area contributed by atoms with Gasteiger partial charge in [0.15, 0.2) is 11.0 Å². The second-order valence-corrected chi connectivity index (χ2v) is 6.21. The molecule has 0 N–H and O–H groups in total. The third-order valence-corrected chi connectivity index (χ3v) is 4.75. The third kappa shape index (κ3) is 3.38. The lowest BCUT2D eigenvalue weighted by Crippen LogP contribution is -1.96. The molecule has 0 fully saturated rings. The Hall–Kier alpha value is -1.92. The van der Waals surface area contributed by atoms with Crippen molar-refractivity contribution in [3.8, 4) is 11.4 Å². The van der Waals surface area contributed by atoms with Gasteiger partial charge >= 0.3 is 0 Å². The van der Waals surface area contributed by atoms with Crippen molar-refractivity contribution in [3.63, 3.8) is 0 Å². The average molecular weight is 352 g/mol. The Kier molecular flexibility index (Phi) is 4.63. The van der Waals surface area contributed by atoms with Crippen LogP contribution in [0.25, 0.3) is 11.4 Å². The molecule has 0 atom stereocenters. The molecule has 7 heteroatoms. The van der Waals surface area contributed by atoms with Crippen LogP contribution in [0.4, 0.5) is 8.78 Å². The number of benzene rings is 2. The molecule has 0 saturated carbocycles. The van der Waals surface area contributed by atoms with Crippen molar-refractivity contribution in [1.82, 2.24) is 14.8 Å². The predicted octanol–water partition coefficient (Wildman–Crippen LogP) is 4.71. The van der Waals surface area contributed by atoms with E-state index in [4.69, 9.17) is 11.6 Å². The van der Waals surface area contributed by atoms with Crippen LogP contribution in [0.5, 0.6) is 0 Å². The van der Waals surface area contributed by atoms with Gasteiger partial charge in [-0.25, -0.2) is 8.78 Å². The van der Waals surface area contributed by atoms with Gasteiger partial charge in [0.1, 0.15) is 11.6 Å². The quantitative estimate of drug-likeness (QED) is 0.638. The Bertz CT molecular complexity index is 814. The molecule has 0 radical (unpaired) electrons. The van der Waals surface area contributed by atoms with Crippen LogP contribution >= 0.6 is 23.4 Å². The van der Waals surface area contributed by atoms with Gasteiger partial charge < -0.3 is 4.57 Å². The first-order valence-electron chi connectivity index (χ1n) is 6.77. The highest BCUT2D eigenvalue weighted by molar-refractivity contribution is 7.98. The first-order chi connectivity index (χ1) is 11.1. The van der Waals surface area contributed by atoms with Crippen molar-refractivity contribution in [2.24, 2.45) is 7.05 Å². The van der Waals surface area contributed by atoms with Crippen molar-refractivity contribution >= 4 is 23.4 Å². The molecule has 2 aromatic carbocycles. The predicted molar refractivity (Wildman–Crippen MR) is 87.4 cm³/mol. The maximum absolute atomic E-state index is 13.8. The maximum atomic E-state index is 13.8. The summed E-state index contributed by atoms with van der Waals surface area (Å²) in [7, 11) is 1.81. The Morgan fingerprint density at radius 1 is 1.09 bits per heavy atom. The number of halogens is 3. The molecule has 0 unspecified atom stereocenters. The van der Waals surface area contributed by atoms with Crippen LogP contribution in [-0.4, -0.2) is 14.8 Å². The monoisotopic (exact) mass is 351 g/mol. The van der Waals surface area contributed by atoms with Crippen LogP contribution in [0.15, 0.2) is 47.6 Å². The maximum Gasteiger partial charge on any atom is 0.191 e. The molecule has 0 saturated heterocycles. The van der Waals surface area contributed by atoms with E-state index in [1.807, 2.05) is 7.05 Å². The van der Waals surface area contributed by atoms with Crippen molar-refractivity contribution < 1.29 is 8.78 Å². The number of nitrogens with zero attached hydrogens (tertiary/aromatic N) is 3. The zero-order chi connectivity index (χ0) is 16.4. The minimum absolute atomic E-state index is 0.306. The number of hydrogen-bond acceptors (Lipinski definition) is 3. The second kappa shape index (κ2) is 6.68. The van der Waals surface area contributed by atoms with Crippen LogP contribution < -0.4 is 0 Å². The standard InChI is InChI=1S/C16H12ClF2N3S/c1-22-15(10-5-7-11(18)8-6-10)20-21-16(22)23-9-12-13(17)3-2-4-14(12)19/h2-8H,9H2,1H3. The smallest absolute Gasteiger partial charge is 0.191 e. The molecule has 0 aliphatic rings. The molecule has 1 heterocycles. The van der Waals surface area contributed by atoms with E-state index in [0.717, 1.165) is 5.56 Å². The van der Waals surface area contributed by atoms with Gasteiger partial charge in [0.2, 0.25) is 0 Å². The fraction of sp³-hybridized carbons (Fsp3) is 0.125. The Balaban J connectivity index is 1.81. The molecule has 3 nitrogen and oxygen atoms in total. The first kappa shape index (κ1) is 16.0. The molecule has 1 aromatic heterocycles. The fourth-order valence-corrected chi connectivity index (χ4v) is 3.35. The van der Waals surface area contributed by atoms with E-state index in [1.54, 1.807) is 28.8 Å². The molecule has 0 aliphatic carbocycles. The summed E-state index contributed by atoms with van der Waals surface area (Å²) >= 11 is 7.36. The molecule has 0 amide bonds. The largest absolute Gasteiger partial charge is 0.305 e. The van der Waals surface area contributed by atoms with E-state index < -0.39 is 0 Å². The minimum Gasteiger partial charge on any atom is -0.305 e. The summed E-state index contributed by atoms with van der Waals surface area (Å²) in [5.74, 6) is 0.318. The van der Waals surface area contributed by atoms with Crippen LogP contribution in [0, 0.1) is 11.6 Å². The first-order valence-corrected chi connectivity index (χ1v) is 8.13. The summed E-state index contributed by atoms with van der Waals surface area (Å²) in [6.45, 7) is 0. The highest BCUT2D eigenvalue weighted by Gasteiger charge is 2.13. The zero-order valence-electron chi connectivity index (χ0n) is 12.1. The summed E-state index contributed by atoms with van der Waals surface area (Å²) in [6, 6.07) is 10.6. The lowest BCUT2D eigenvalue weighted by atomic mass is 10.2. The molecule has 0 bridgehead atoms. The fourth-order valence-electron chi connectivity index (χ4n) is 2.10. The molecule has 0 aliphatic heterocycles. The van der Waals surface area contributed by atoms with E-state index in [1.165, 1.54) is 30.0 Å². The van der Waals surface area contributed by atoms with E-state index >= 15 is 0 Å². The van der Waals surface area contributed by atoms with Gasteiger partial charge in [0, 0.05) is 29.0 Å². The highest BCUT2D eigenvalue weighted by atomic mass is 35.5. The van der Waals surface area contributed by atoms with E-state index in [2.05, 4.69) is 10.2 Å². The van der Waals surface area contributed by atoms with Crippen molar-refractivity contribution in [2.75, 3.05) is 0 Å². The number of aromatic nitrogens is 3. The number of hydrogen-bond donors (Lipinski definition) is 0. The van der Waals surface area contributed by atoms with Gasteiger partial charge in [-0.15, -0.1) is 10.2 Å². The van der Waals surface area contributed by atoms with E-state index in [9.17, 15) is 8.78 Å². The van der Waals surface area contributed by atoms with Crippen molar-refractivity contribution in [1.29, 1.82) is 0 Å². The van der Waals surface area contributed by atoms with Gasteiger partial charge in [-0.05, 0) is 36.4 Å². The SMILES string of the molecule is Cn1c(SCc2c(F)cccc2Cl)nnc1-c1ccc(F)cc1. The number of thioether (sulfide) groups is 1. The summed E-state index contributed by atoms with van der Waals surface area (Å²) in [5.41, 5.74) is 1.20. The van der Waals surface area contributed by atoms with Crippen LogP contribution in [0.3, 0.4) is 0 Å². The zero-order valence-corrected chi connectivity index (χ0v) is 13.7. The van der Waals surface area contributed by atoms with Crippen molar-refractivity contribution in [2.45, 2.75) is 10.9 Å². The summed E-state index contributed by atoms with van der Waals surface area (Å²) in [6.07, 6.45) is 0. The summed E-state index contributed by atoms with van der Waals surface area (Å²) in [4.78, 5) is 0. The molecule has 3 aromatic rings. The lowest BCUT2D eigenvalue weighted by molar-refractivity contribution is 0.617. The van der Waals surface area contributed by atoms with Crippen LogP contribution in [-0.2, 0) is 12.8 Å². The summed E-state index contributed by atoms with van der Waals surface area (Å²) < 4.78 is 28.6. The summed E-state index contributed by atoms with van der Waals surface area (Å²) in [5, 5.41) is 9.24. The Morgan fingerprint density at radius 2 is 1.83 bits per heavy atom. The van der Waals surface area contributed by atoms with Gasteiger partial charge in [-0.2, -0.15) is 0 Å². The van der Waals surface area contributed by atoms with Gasteiger partial charge in [0.05, 0.1) is 0 Å². The molecular formula is C16H12ClF2N3S. The molecular weight excluding hydrogens is 340 g/mol. The molecule has 0 spiro atoms. The van der Waals surface area contributed by atoms with Crippen molar-refractivity contribution in [3.05, 3.63) is 64.7 Å². The number of rotatable bonds is 4. The van der Waals surface area contributed by atoms with Crippen LogP contribution in [0.1, 0.15) is 5.56 Å². The Morgan fingerprint density at radius 3 is 2.52 bits per heavy atom. The molecule has 23 heavy (non-hydrogen) atoms. The third-order valence-electron chi connectivity index (χ3n) is 3.34. The lowest BCUT2D eigenvalue weighted by Gasteiger charge is -2.06. The Labute approximate surface area is 141 Å². The van der Waals surface area contributed by atoms with E-state index in [0.29, 0.717) is 27.3 Å². The van der Waals surface area contributed by atoms with Gasteiger partial charge in [-0.1, -0.05) is 29.4 Å². The molecule has 3 rings (SSSR count).